The molecule has 2 atom stereocenters. The van der Waals surface area contributed by atoms with E-state index >= 15 is 0 Å². The van der Waals surface area contributed by atoms with Gasteiger partial charge in [-0.05, 0) is 37.1 Å². The Bertz CT molecular complexity index is 891. The van der Waals surface area contributed by atoms with Gasteiger partial charge in [0.15, 0.2) is 0 Å². The quantitative estimate of drug-likeness (QED) is 0.754. The SMILES string of the molecule is O=C(Cc1ccco1)N1CCC[C@]2(C[C@@H](Oc3cccnc3)CO2)C1.O=C(O)C(F)(F)F. The van der Waals surface area contributed by atoms with Crippen molar-refractivity contribution in [3.63, 3.8) is 0 Å². The van der Waals surface area contributed by atoms with E-state index < -0.39 is 12.1 Å². The first-order valence-electron chi connectivity index (χ1n) is 9.98. The molecule has 0 aromatic carbocycles. The molecule has 0 aliphatic carbocycles. The molecule has 2 aromatic rings. The molecule has 2 aliphatic rings. The number of carbonyl (C=O) groups excluding carboxylic acids is 1. The van der Waals surface area contributed by atoms with Crippen molar-refractivity contribution < 1.29 is 41.8 Å². The molecule has 32 heavy (non-hydrogen) atoms. The smallest absolute Gasteiger partial charge is 0.486 e. The number of aliphatic carboxylic acids is 1. The van der Waals surface area contributed by atoms with Crippen LogP contribution in [0.2, 0.25) is 0 Å². The molecule has 2 aromatic heterocycles. The molecule has 2 aliphatic heterocycles. The van der Waals surface area contributed by atoms with E-state index in [0.29, 0.717) is 25.3 Å². The number of nitrogens with zero attached hydrogens (tertiary/aromatic N) is 2. The van der Waals surface area contributed by atoms with Crippen LogP contribution in [0.1, 0.15) is 25.0 Å². The van der Waals surface area contributed by atoms with Crippen molar-refractivity contribution >= 4 is 11.9 Å². The number of hydrogen-bond acceptors (Lipinski definition) is 6. The molecule has 0 bridgehead atoms. The largest absolute Gasteiger partial charge is 0.490 e. The topological polar surface area (TPSA) is 102 Å². The fourth-order valence-electron chi connectivity index (χ4n) is 3.76. The van der Waals surface area contributed by atoms with Gasteiger partial charge in [0, 0.05) is 25.7 Å². The number of ether oxygens (including phenoxy) is 2. The lowest BCUT2D eigenvalue weighted by atomic mass is 9.89. The van der Waals surface area contributed by atoms with Gasteiger partial charge in [-0.25, -0.2) is 4.79 Å². The summed E-state index contributed by atoms with van der Waals surface area (Å²) >= 11 is 0. The zero-order valence-electron chi connectivity index (χ0n) is 17.1. The number of furan rings is 1. The Labute approximate surface area is 181 Å². The molecule has 1 amide bonds. The number of alkyl halides is 3. The molecule has 0 radical (unpaired) electrons. The van der Waals surface area contributed by atoms with Crippen molar-refractivity contribution in [3.05, 3.63) is 48.7 Å². The highest BCUT2D eigenvalue weighted by molar-refractivity contribution is 5.78. The first kappa shape index (κ1) is 23.6. The van der Waals surface area contributed by atoms with Gasteiger partial charge in [-0.1, -0.05) is 0 Å². The monoisotopic (exact) mass is 456 g/mol. The summed E-state index contributed by atoms with van der Waals surface area (Å²) in [4.78, 5) is 27.4. The number of pyridine rings is 1. The van der Waals surface area contributed by atoms with Crippen LogP contribution in [0.3, 0.4) is 0 Å². The summed E-state index contributed by atoms with van der Waals surface area (Å²) in [5.41, 5.74) is -0.288. The first-order chi connectivity index (χ1) is 15.2. The fraction of sp³-hybridized carbons (Fsp3) is 0.476. The Morgan fingerprint density at radius 3 is 2.72 bits per heavy atom. The lowest BCUT2D eigenvalue weighted by molar-refractivity contribution is -0.192. The summed E-state index contributed by atoms with van der Waals surface area (Å²) in [5, 5.41) is 7.12. The fourth-order valence-corrected chi connectivity index (χ4v) is 3.76. The Kier molecular flexibility index (Phi) is 7.39. The summed E-state index contributed by atoms with van der Waals surface area (Å²) < 4.78 is 49.1. The normalized spacial score (nSPS) is 22.8. The van der Waals surface area contributed by atoms with E-state index in [1.165, 1.54) is 0 Å². The molecule has 8 nitrogen and oxygen atoms in total. The average molecular weight is 456 g/mol. The van der Waals surface area contributed by atoms with E-state index in [4.69, 9.17) is 23.8 Å². The Morgan fingerprint density at radius 2 is 2.09 bits per heavy atom. The van der Waals surface area contributed by atoms with Crippen molar-refractivity contribution in [1.29, 1.82) is 0 Å². The van der Waals surface area contributed by atoms with E-state index in [9.17, 15) is 18.0 Å². The molecule has 0 saturated carbocycles. The summed E-state index contributed by atoms with van der Waals surface area (Å²) in [6.07, 6.45) is 2.97. The molecule has 1 N–H and O–H groups in total. The lowest BCUT2D eigenvalue weighted by Gasteiger charge is -2.39. The van der Waals surface area contributed by atoms with Gasteiger partial charge in [0.2, 0.25) is 5.91 Å². The van der Waals surface area contributed by atoms with Gasteiger partial charge in [0.05, 0.1) is 31.1 Å². The van der Waals surface area contributed by atoms with Gasteiger partial charge in [-0.3, -0.25) is 9.78 Å². The van der Waals surface area contributed by atoms with Crippen LogP contribution in [0.5, 0.6) is 5.75 Å². The third-order valence-corrected chi connectivity index (χ3v) is 5.15. The Hall–Kier alpha value is -3.08. The first-order valence-corrected chi connectivity index (χ1v) is 9.98. The molecule has 11 heteroatoms. The van der Waals surface area contributed by atoms with Crippen molar-refractivity contribution in [1.82, 2.24) is 9.88 Å². The van der Waals surface area contributed by atoms with Crippen molar-refractivity contribution in [2.24, 2.45) is 0 Å². The molecule has 0 unspecified atom stereocenters. The summed E-state index contributed by atoms with van der Waals surface area (Å²) in [7, 11) is 0. The molecular weight excluding hydrogens is 433 g/mol. The lowest BCUT2D eigenvalue weighted by Crippen LogP contribution is -2.50. The molecule has 1 spiro atoms. The van der Waals surface area contributed by atoms with Gasteiger partial charge in [0.1, 0.15) is 17.6 Å². The number of aromatic nitrogens is 1. The van der Waals surface area contributed by atoms with E-state index in [-0.39, 0.29) is 17.6 Å². The number of halogens is 3. The highest BCUT2D eigenvalue weighted by Crippen LogP contribution is 2.36. The summed E-state index contributed by atoms with van der Waals surface area (Å²) in [5.74, 6) is -1.20. The van der Waals surface area contributed by atoms with Crippen molar-refractivity contribution in [2.75, 3.05) is 19.7 Å². The number of carbonyl (C=O) groups is 2. The number of carboxylic acid groups (broad SMARTS) is 1. The minimum Gasteiger partial charge on any atom is -0.486 e. The molecular formula is C21H23F3N2O6. The maximum Gasteiger partial charge on any atom is 0.490 e. The third kappa shape index (κ3) is 6.46. The third-order valence-electron chi connectivity index (χ3n) is 5.15. The van der Waals surface area contributed by atoms with E-state index in [1.807, 2.05) is 23.1 Å². The van der Waals surface area contributed by atoms with Gasteiger partial charge in [0.25, 0.3) is 0 Å². The maximum absolute atomic E-state index is 12.5. The van der Waals surface area contributed by atoms with Crippen LogP contribution in [0, 0.1) is 0 Å². The van der Waals surface area contributed by atoms with E-state index in [0.717, 1.165) is 31.6 Å². The molecule has 174 valence electrons. The Morgan fingerprint density at radius 1 is 1.31 bits per heavy atom. The molecule has 4 heterocycles. The second-order valence-corrected chi connectivity index (χ2v) is 7.60. The summed E-state index contributed by atoms with van der Waals surface area (Å²) in [6, 6.07) is 7.40. The van der Waals surface area contributed by atoms with Crippen LogP contribution in [-0.2, 0) is 20.7 Å². The molecule has 2 fully saturated rings. The number of carboxylic acids is 1. The van der Waals surface area contributed by atoms with Crippen LogP contribution >= 0.6 is 0 Å². The standard InChI is InChI=1S/C19H22N2O4.C2HF3O2/c22-18(10-15-5-2-9-23-15)21-8-3-6-19(14-21)11-17(13-24-19)25-16-4-1-7-20-12-16;3-2(4,5)1(6)7/h1-2,4-5,7,9,12,17H,3,6,8,10-11,13-14H2;(H,6,7)/t17-,19+;/m1./s1. The second-order valence-electron chi connectivity index (χ2n) is 7.60. The minimum absolute atomic E-state index is 0.00401. The van der Waals surface area contributed by atoms with Crippen LogP contribution in [0.4, 0.5) is 13.2 Å². The number of hydrogen-bond donors (Lipinski definition) is 1. The van der Waals surface area contributed by atoms with Gasteiger partial charge in [-0.2, -0.15) is 13.2 Å². The summed E-state index contributed by atoms with van der Waals surface area (Å²) in [6.45, 7) is 1.95. The van der Waals surface area contributed by atoms with Crippen molar-refractivity contribution in [3.8, 4) is 5.75 Å². The Balaban J connectivity index is 0.000000360. The zero-order chi connectivity index (χ0) is 23.2. The number of likely N-dealkylation sites (tertiary alicyclic amines) is 1. The number of rotatable bonds is 4. The van der Waals surface area contributed by atoms with Gasteiger partial charge >= 0.3 is 12.1 Å². The number of piperidine rings is 1. The minimum atomic E-state index is -5.08. The van der Waals surface area contributed by atoms with E-state index in [1.54, 1.807) is 24.7 Å². The highest BCUT2D eigenvalue weighted by Gasteiger charge is 2.45. The van der Waals surface area contributed by atoms with Crippen LogP contribution in [0.15, 0.2) is 47.3 Å². The highest BCUT2D eigenvalue weighted by atomic mass is 19.4. The van der Waals surface area contributed by atoms with Crippen LogP contribution in [0.25, 0.3) is 0 Å². The molecule has 4 rings (SSSR count). The predicted molar refractivity (Wildman–Crippen MR) is 104 cm³/mol. The predicted octanol–water partition coefficient (Wildman–Crippen LogP) is 3.08. The zero-order valence-corrected chi connectivity index (χ0v) is 17.1. The van der Waals surface area contributed by atoms with Gasteiger partial charge < -0.3 is 23.9 Å². The van der Waals surface area contributed by atoms with Crippen LogP contribution < -0.4 is 4.74 Å². The van der Waals surface area contributed by atoms with Crippen molar-refractivity contribution in [2.45, 2.75) is 43.6 Å². The number of amides is 1. The second kappa shape index (κ2) is 10.0. The molecule has 2 saturated heterocycles. The van der Waals surface area contributed by atoms with Gasteiger partial charge in [-0.15, -0.1) is 0 Å². The van der Waals surface area contributed by atoms with Crippen LogP contribution in [-0.4, -0.2) is 64.4 Å². The van der Waals surface area contributed by atoms with E-state index in [2.05, 4.69) is 4.98 Å². The maximum atomic E-state index is 12.5. The average Bonchev–Trinajstić information content (AvgIpc) is 3.39.